The van der Waals surface area contributed by atoms with Crippen LogP contribution in [-0.4, -0.2) is 47.4 Å². The van der Waals surface area contributed by atoms with Crippen LogP contribution in [0, 0.1) is 5.92 Å². The number of amides is 2. The Morgan fingerprint density at radius 3 is 2.78 bits per heavy atom. The molecule has 1 saturated heterocycles. The summed E-state index contributed by atoms with van der Waals surface area (Å²) in [4.78, 5) is 29.1. The molecular formula is C17H25N3O3. The van der Waals surface area contributed by atoms with Gasteiger partial charge in [-0.05, 0) is 44.2 Å². The molecule has 2 rings (SSSR count). The first-order valence-electron chi connectivity index (χ1n) is 8.15. The molecule has 0 aliphatic carbocycles. The van der Waals surface area contributed by atoms with Crippen LogP contribution < -0.4 is 10.1 Å². The van der Waals surface area contributed by atoms with Crippen LogP contribution in [0.25, 0.3) is 0 Å². The summed E-state index contributed by atoms with van der Waals surface area (Å²) in [6, 6.07) is 3.31. The van der Waals surface area contributed by atoms with E-state index in [9.17, 15) is 9.59 Å². The number of hydrogen-bond acceptors (Lipinski definition) is 4. The number of nitrogens with zero attached hydrogens (tertiary/aromatic N) is 2. The van der Waals surface area contributed by atoms with Crippen molar-refractivity contribution in [1.29, 1.82) is 0 Å². The Hall–Kier alpha value is -2.11. The van der Waals surface area contributed by atoms with Crippen molar-refractivity contribution in [3.63, 3.8) is 0 Å². The first-order valence-corrected chi connectivity index (χ1v) is 8.15. The average molecular weight is 319 g/mol. The van der Waals surface area contributed by atoms with Crippen LogP contribution in [0.3, 0.4) is 0 Å². The molecule has 1 aliphatic heterocycles. The molecule has 1 aromatic heterocycles. The van der Waals surface area contributed by atoms with Gasteiger partial charge < -0.3 is 15.0 Å². The summed E-state index contributed by atoms with van der Waals surface area (Å²) in [5.41, 5.74) is 0. The van der Waals surface area contributed by atoms with Gasteiger partial charge in [0.1, 0.15) is 11.8 Å². The Kier molecular flexibility index (Phi) is 6.38. The van der Waals surface area contributed by atoms with Gasteiger partial charge in [-0.1, -0.05) is 0 Å². The monoisotopic (exact) mass is 319 g/mol. The van der Waals surface area contributed by atoms with Crippen LogP contribution in [0.15, 0.2) is 24.5 Å². The number of hydrogen-bond donors (Lipinski definition) is 1. The van der Waals surface area contributed by atoms with E-state index >= 15 is 0 Å². The second-order valence-electron chi connectivity index (χ2n) is 6.02. The van der Waals surface area contributed by atoms with Crippen molar-refractivity contribution in [2.75, 3.05) is 19.7 Å². The zero-order valence-electron chi connectivity index (χ0n) is 13.8. The summed E-state index contributed by atoms with van der Waals surface area (Å²) in [5.74, 6) is 1.20. The number of pyridine rings is 1. The lowest BCUT2D eigenvalue weighted by atomic mass is 9.93. The third kappa shape index (κ3) is 5.54. The molecular weight excluding hydrogens is 294 g/mol. The molecule has 0 spiro atoms. The SMILES string of the molecule is CC(=O)NC(C)C(=O)N1CCC(CCOc2cccnc2)CC1. The first-order chi connectivity index (χ1) is 11.1. The van der Waals surface area contributed by atoms with Crippen molar-refractivity contribution >= 4 is 11.8 Å². The number of aromatic nitrogens is 1. The molecule has 1 fully saturated rings. The zero-order valence-corrected chi connectivity index (χ0v) is 13.8. The van der Waals surface area contributed by atoms with Gasteiger partial charge in [-0.15, -0.1) is 0 Å². The maximum Gasteiger partial charge on any atom is 0.244 e. The maximum absolute atomic E-state index is 12.2. The lowest BCUT2D eigenvalue weighted by molar-refractivity contribution is -0.136. The van der Waals surface area contributed by atoms with Gasteiger partial charge in [0, 0.05) is 26.2 Å². The van der Waals surface area contributed by atoms with Crippen LogP contribution in [-0.2, 0) is 9.59 Å². The average Bonchev–Trinajstić information content (AvgIpc) is 2.55. The second kappa shape index (κ2) is 8.50. The topological polar surface area (TPSA) is 71.5 Å². The summed E-state index contributed by atoms with van der Waals surface area (Å²) in [6.45, 7) is 5.34. The van der Waals surface area contributed by atoms with Gasteiger partial charge in [0.15, 0.2) is 0 Å². The van der Waals surface area contributed by atoms with Crippen LogP contribution in [0.1, 0.15) is 33.1 Å². The van der Waals surface area contributed by atoms with E-state index in [0.29, 0.717) is 12.5 Å². The molecule has 1 unspecified atom stereocenters. The fraction of sp³-hybridized carbons (Fsp3) is 0.588. The van der Waals surface area contributed by atoms with Crippen LogP contribution >= 0.6 is 0 Å². The smallest absolute Gasteiger partial charge is 0.244 e. The summed E-state index contributed by atoms with van der Waals surface area (Å²) in [5, 5.41) is 2.65. The highest BCUT2D eigenvalue weighted by Crippen LogP contribution is 2.21. The summed E-state index contributed by atoms with van der Waals surface area (Å²) in [7, 11) is 0. The minimum absolute atomic E-state index is 0.00487. The van der Waals surface area contributed by atoms with Crippen LogP contribution in [0.2, 0.25) is 0 Å². The number of piperidine rings is 1. The van der Waals surface area contributed by atoms with E-state index in [1.165, 1.54) is 6.92 Å². The number of carbonyl (C=O) groups excluding carboxylic acids is 2. The van der Waals surface area contributed by atoms with Crippen LogP contribution in [0.4, 0.5) is 0 Å². The van der Waals surface area contributed by atoms with Crippen molar-refractivity contribution in [1.82, 2.24) is 15.2 Å². The largest absolute Gasteiger partial charge is 0.492 e. The minimum atomic E-state index is -0.446. The van der Waals surface area contributed by atoms with Gasteiger partial charge in [-0.3, -0.25) is 14.6 Å². The highest BCUT2D eigenvalue weighted by atomic mass is 16.5. The lowest BCUT2D eigenvalue weighted by Crippen LogP contribution is -2.49. The molecule has 2 heterocycles. The molecule has 1 aromatic rings. The predicted molar refractivity (Wildman–Crippen MR) is 86.9 cm³/mol. The molecule has 0 aromatic carbocycles. The van der Waals surface area contributed by atoms with E-state index in [0.717, 1.165) is 38.1 Å². The van der Waals surface area contributed by atoms with E-state index in [2.05, 4.69) is 10.3 Å². The molecule has 0 radical (unpaired) electrons. The summed E-state index contributed by atoms with van der Waals surface area (Å²) < 4.78 is 5.67. The quantitative estimate of drug-likeness (QED) is 0.865. The maximum atomic E-state index is 12.2. The second-order valence-corrected chi connectivity index (χ2v) is 6.02. The minimum Gasteiger partial charge on any atom is -0.492 e. The Morgan fingerprint density at radius 1 is 1.43 bits per heavy atom. The highest BCUT2D eigenvalue weighted by molar-refractivity contribution is 5.86. The molecule has 0 saturated carbocycles. The van der Waals surface area contributed by atoms with Crippen LogP contribution in [0.5, 0.6) is 5.75 Å². The van der Waals surface area contributed by atoms with E-state index in [1.807, 2.05) is 17.0 Å². The molecule has 1 N–H and O–H groups in total. The first kappa shape index (κ1) is 17.2. The third-order valence-electron chi connectivity index (χ3n) is 4.15. The molecule has 23 heavy (non-hydrogen) atoms. The standard InChI is InChI=1S/C17H25N3O3/c1-13(19-14(2)21)17(22)20-9-5-15(6-10-20)7-11-23-16-4-3-8-18-12-16/h3-4,8,12-13,15H,5-7,9-11H2,1-2H3,(H,19,21). The van der Waals surface area contributed by atoms with E-state index in [4.69, 9.17) is 4.74 Å². The van der Waals surface area contributed by atoms with Gasteiger partial charge in [0.05, 0.1) is 12.8 Å². The number of rotatable bonds is 6. The summed E-state index contributed by atoms with van der Waals surface area (Å²) >= 11 is 0. The lowest BCUT2D eigenvalue weighted by Gasteiger charge is -2.33. The van der Waals surface area contributed by atoms with E-state index in [1.54, 1.807) is 19.3 Å². The Balaban J connectivity index is 1.67. The third-order valence-corrected chi connectivity index (χ3v) is 4.15. The molecule has 2 amide bonds. The van der Waals surface area contributed by atoms with Gasteiger partial charge in [-0.2, -0.15) is 0 Å². The molecule has 126 valence electrons. The number of nitrogens with one attached hydrogen (secondary N) is 1. The fourth-order valence-corrected chi connectivity index (χ4v) is 2.86. The fourth-order valence-electron chi connectivity index (χ4n) is 2.86. The van der Waals surface area contributed by atoms with Crippen molar-refractivity contribution in [3.8, 4) is 5.75 Å². The number of likely N-dealkylation sites (tertiary alicyclic amines) is 1. The Labute approximate surface area is 137 Å². The Bertz CT molecular complexity index is 513. The highest BCUT2D eigenvalue weighted by Gasteiger charge is 2.26. The van der Waals surface area contributed by atoms with Crippen molar-refractivity contribution in [2.24, 2.45) is 5.92 Å². The summed E-state index contributed by atoms with van der Waals surface area (Å²) in [6.07, 6.45) is 6.38. The molecule has 0 bridgehead atoms. The molecule has 1 aliphatic rings. The van der Waals surface area contributed by atoms with Crippen molar-refractivity contribution < 1.29 is 14.3 Å². The number of carbonyl (C=O) groups is 2. The zero-order chi connectivity index (χ0) is 16.7. The molecule has 6 nitrogen and oxygen atoms in total. The Morgan fingerprint density at radius 2 is 2.17 bits per heavy atom. The predicted octanol–water partition coefficient (Wildman–Crippen LogP) is 1.61. The van der Waals surface area contributed by atoms with Crippen molar-refractivity contribution in [2.45, 2.75) is 39.2 Å². The van der Waals surface area contributed by atoms with Gasteiger partial charge >= 0.3 is 0 Å². The normalized spacial score (nSPS) is 16.7. The van der Waals surface area contributed by atoms with Gasteiger partial charge in [0.2, 0.25) is 11.8 Å². The van der Waals surface area contributed by atoms with Gasteiger partial charge in [0.25, 0.3) is 0 Å². The molecule has 1 atom stereocenters. The number of ether oxygens (including phenoxy) is 1. The molecule has 6 heteroatoms. The van der Waals surface area contributed by atoms with E-state index < -0.39 is 6.04 Å². The van der Waals surface area contributed by atoms with E-state index in [-0.39, 0.29) is 11.8 Å². The van der Waals surface area contributed by atoms with Gasteiger partial charge in [-0.25, -0.2) is 0 Å². The van der Waals surface area contributed by atoms with Crippen molar-refractivity contribution in [3.05, 3.63) is 24.5 Å².